The molecule has 0 aromatic heterocycles. The van der Waals surface area contributed by atoms with E-state index in [9.17, 15) is 4.79 Å². The van der Waals surface area contributed by atoms with Crippen molar-refractivity contribution in [1.82, 2.24) is 0 Å². The Balaban J connectivity index is 2.90. The third-order valence-corrected chi connectivity index (χ3v) is 2.89. The molecule has 0 aliphatic heterocycles. The highest BCUT2D eigenvalue weighted by molar-refractivity contribution is 6.43. The molecule has 1 atom stereocenters. The second kappa shape index (κ2) is 5.73. The maximum atomic E-state index is 11.4. The van der Waals surface area contributed by atoms with Crippen LogP contribution >= 0.6 is 34.8 Å². The van der Waals surface area contributed by atoms with Gasteiger partial charge >= 0.3 is 5.97 Å². The molecule has 0 saturated heterocycles. The Morgan fingerprint density at radius 3 is 2.31 bits per heavy atom. The third-order valence-electron chi connectivity index (χ3n) is 1.87. The summed E-state index contributed by atoms with van der Waals surface area (Å²) in [5, 5.41) is 0.774. The molecule has 0 spiro atoms. The van der Waals surface area contributed by atoms with Gasteiger partial charge in [-0.2, -0.15) is 0 Å². The molecule has 1 rings (SSSR count). The van der Waals surface area contributed by atoms with Crippen molar-refractivity contribution in [3.63, 3.8) is 0 Å². The lowest BCUT2D eigenvalue weighted by molar-refractivity contribution is -0.144. The van der Waals surface area contributed by atoms with Gasteiger partial charge in [0.05, 0.1) is 15.1 Å². The van der Waals surface area contributed by atoms with Crippen molar-refractivity contribution in [1.29, 1.82) is 0 Å². The van der Waals surface area contributed by atoms with E-state index in [1.807, 2.05) is 0 Å². The lowest BCUT2D eigenvalue weighted by Crippen LogP contribution is -2.24. The molecule has 1 unspecified atom stereocenters. The molecule has 0 aliphatic carbocycles. The van der Waals surface area contributed by atoms with Gasteiger partial charge in [-0.05, 0) is 13.0 Å². The first-order valence-electron chi connectivity index (χ1n) is 4.34. The molecular formula is C10H9Cl3O3. The number of benzene rings is 1. The van der Waals surface area contributed by atoms with Crippen LogP contribution in [-0.2, 0) is 9.53 Å². The fourth-order valence-electron chi connectivity index (χ4n) is 0.870. The monoisotopic (exact) mass is 282 g/mol. The van der Waals surface area contributed by atoms with Crippen LogP contribution in [0.25, 0.3) is 0 Å². The van der Waals surface area contributed by atoms with E-state index >= 15 is 0 Å². The van der Waals surface area contributed by atoms with Gasteiger partial charge in [-0.1, -0.05) is 34.8 Å². The minimum atomic E-state index is -0.675. The van der Waals surface area contributed by atoms with Crippen LogP contribution in [0.2, 0.25) is 15.1 Å². The summed E-state index contributed by atoms with van der Waals surface area (Å²) in [6.07, 6.45) is -0.675. The number of methoxy groups -OCH3 is 1. The van der Waals surface area contributed by atoms with E-state index in [1.165, 1.54) is 19.2 Å². The first-order valence-corrected chi connectivity index (χ1v) is 5.48. The van der Waals surface area contributed by atoms with Crippen LogP contribution in [0.1, 0.15) is 6.92 Å². The van der Waals surface area contributed by atoms with Gasteiger partial charge in [-0.3, -0.25) is 0 Å². The lowest BCUT2D eigenvalue weighted by Gasteiger charge is -2.11. The predicted octanol–water partition coefficient (Wildman–Crippen LogP) is 3.59. The molecule has 0 N–H and O–H groups in total. The molecule has 1 aromatic carbocycles. The van der Waals surface area contributed by atoms with Gasteiger partial charge in [0.1, 0.15) is 0 Å². The van der Waals surface area contributed by atoms with Crippen LogP contribution < -0.4 is 4.74 Å². The standard InChI is InChI=1S/C10H9Cl3O3/c1-5(15-2)10(14)16-9-4-7(12)6(11)3-8(9)13/h3-5H,1-2H3. The first-order chi connectivity index (χ1) is 7.45. The number of hydrogen-bond acceptors (Lipinski definition) is 3. The molecule has 3 nitrogen and oxygen atoms in total. The van der Waals surface area contributed by atoms with Crippen molar-refractivity contribution in [2.75, 3.05) is 7.11 Å². The van der Waals surface area contributed by atoms with Crippen LogP contribution in [0.3, 0.4) is 0 Å². The molecule has 0 heterocycles. The number of hydrogen-bond donors (Lipinski definition) is 0. The minimum Gasteiger partial charge on any atom is -0.423 e. The van der Waals surface area contributed by atoms with Crippen molar-refractivity contribution in [3.8, 4) is 5.75 Å². The lowest BCUT2D eigenvalue weighted by atomic mass is 10.3. The van der Waals surface area contributed by atoms with E-state index in [2.05, 4.69) is 0 Å². The smallest absolute Gasteiger partial charge is 0.340 e. The molecule has 88 valence electrons. The van der Waals surface area contributed by atoms with Crippen LogP contribution in [-0.4, -0.2) is 19.2 Å². The van der Waals surface area contributed by atoms with Crippen molar-refractivity contribution >= 4 is 40.8 Å². The largest absolute Gasteiger partial charge is 0.423 e. The van der Waals surface area contributed by atoms with E-state index in [1.54, 1.807) is 6.92 Å². The van der Waals surface area contributed by atoms with E-state index in [-0.39, 0.29) is 15.8 Å². The highest BCUT2D eigenvalue weighted by Crippen LogP contribution is 2.34. The minimum absolute atomic E-state index is 0.157. The quantitative estimate of drug-likeness (QED) is 0.483. The zero-order chi connectivity index (χ0) is 12.3. The van der Waals surface area contributed by atoms with Crippen LogP contribution in [0, 0.1) is 0 Å². The summed E-state index contributed by atoms with van der Waals surface area (Å²) < 4.78 is 9.80. The molecule has 0 saturated carbocycles. The van der Waals surface area contributed by atoms with Gasteiger partial charge < -0.3 is 9.47 Å². The maximum absolute atomic E-state index is 11.4. The van der Waals surface area contributed by atoms with Crippen LogP contribution in [0.5, 0.6) is 5.75 Å². The zero-order valence-corrected chi connectivity index (χ0v) is 10.9. The van der Waals surface area contributed by atoms with Gasteiger partial charge in [-0.15, -0.1) is 0 Å². The van der Waals surface area contributed by atoms with Crippen molar-refractivity contribution in [2.24, 2.45) is 0 Å². The Morgan fingerprint density at radius 1 is 1.19 bits per heavy atom. The van der Waals surface area contributed by atoms with Crippen molar-refractivity contribution in [2.45, 2.75) is 13.0 Å². The van der Waals surface area contributed by atoms with Gasteiger partial charge in [0, 0.05) is 13.2 Å². The Hall–Kier alpha value is -0.480. The fraction of sp³-hybridized carbons (Fsp3) is 0.300. The second-order valence-corrected chi connectivity index (χ2v) is 4.22. The summed E-state index contributed by atoms with van der Waals surface area (Å²) in [4.78, 5) is 11.4. The number of ether oxygens (including phenoxy) is 2. The van der Waals surface area contributed by atoms with Gasteiger partial charge in [0.15, 0.2) is 11.9 Å². The third kappa shape index (κ3) is 3.25. The van der Waals surface area contributed by atoms with Crippen LogP contribution in [0.15, 0.2) is 12.1 Å². The van der Waals surface area contributed by atoms with E-state index in [4.69, 9.17) is 44.3 Å². The van der Waals surface area contributed by atoms with Gasteiger partial charge in [-0.25, -0.2) is 4.79 Å². The highest BCUT2D eigenvalue weighted by atomic mass is 35.5. The van der Waals surface area contributed by atoms with Crippen LogP contribution in [0.4, 0.5) is 0 Å². The topological polar surface area (TPSA) is 35.5 Å². The summed E-state index contributed by atoms with van der Waals surface area (Å²) in [5.41, 5.74) is 0. The number of carbonyl (C=O) groups is 1. The number of halogens is 3. The van der Waals surface area contributed by atoms with E-state index in [0.29, 0.717) is 5.02 Å². The average molecular weight is 284 g/mol. The molecule has 0 amide bonds. The molecule has 0 aliphatic rings. The predicted molar refractivity (Wildman–Crippen MR) is 63.6 cm³/mol. The Labute approximate surface area is 108 Å². The van der Waals surface area contributed by atoms with E-state index in [0.717, 1.165) is 0 Å². The van der Waals surface area contributed by atoms with Gasteiger partial charge in [0.2, 0.25) is 0 Å². The number of rotatable bonds is 3. The molecular weight excluding hydrogens is 274 g/mol. The molecule has 0 bridgehead atoms. The average Bonchev–Trinajstić information content (AvgIpc) is 2.24. The zero-order valence-electron chi connectivity index (χ0n) is 8.59. The van der Waals surface area contributed by atoms with Crippen molar-refractivity contribution in [3.05, 3.63) is 27.2 Å². The highest BCUT2D eigenvalue weighted by Gasteiger charge is 2.17. The second-order valence-electron chi connectivity index (χ2n) is 3.00. The Kier molecular flexibility index (Phi) is 4.87. The summed E-state index contributed by atoms with van der Waals surface area (Å²) >= 11 is 17.3. The summed E-state index contributed by atoms with van der Waals surface area (Å²) in [6, 6.07) is 2.79. The SMILES string of the molecule is COC(C)C(=O)Oc1cc(Cl)c(Cl)cc1Cl. The molecule has 1 aromatic rings. The number of carbonyl (C=O) groups excluding carboxylic acids is 1. The number of esters is 1. The first kappa shape index (κ1) is 13.6. The summed E-state index contributed by atoms with van der Waals surface area (Å²) in [6.45, 7) is 1.56. The Bertz CT molecular complexity index is 407. The fourth-order valence-corrected chi connectivity index (χ4v) is 1.45. The van der Waals surface area contributed by atoms with E-state index < -0.39 is 12.1 Å². The molecule has 16 heavy (non-hydrogen) atoms. The normalized spacial score (nSPS) is 12.3. The van der Waals surface area contributed by atoms with Crippen molar-refractivity contribution < 1.29 is 14.3 Å². The summed E-state index contributed by atoms with van der Waals surface area (Å²) in [5.74, 6) is -0.396. The molecule has 6 heteroatoms. The summed E-state index contributed by atoms with van der Waals surface area (Å²) in [7, 11) is 1.41. The molecule has 0 fully saturated rings. The molecule has 0 radical (unpaired) electrons. The Morgan fingerprint density at radius 2 is 1.75 bits per heavy atom. The maximum Gasteiger partial charge on any atom is 0.340 e. The van der Waals surface area contributed by atoms with Gasteiger partial charge in [0.25, 0.3) is 0 Å².